The Hall–Kier alpha value is -2.46. The Morgan fingerprint density at radius 2 is 1.55 bits per heavy atom. The molecule has 1 aromatic heterocycles. The molecule has 2 aromatic carbocycles. The molecule has 1 atom stereocenters. The van der Waals surface area contributed by atoms with Gasteiger partial charge in [0.2, 0.25) is 0 Å². The Balaban J connectivity index is 1.98. The summed E-state index contributed by atoms with van der Waals surface area (Å²) in [7, 11) is 0. The van der Waals surface area contributed by atoms with Gasteiger partial charge in [0.25, 0.3) is 0 Å². The molecule has 4 heteroatoms. The van der Waals surface area contributed by atoms with Crippen LogP contribution in [0, 0.1) is 0 Å². The molecule has 0 aliphatic rings. The van der Waals surface area contributed by atoms with Crippen molar-refractivity contribution in [3.05, 3.63) is 72.1 Å². The van der Waals surface area contributed by atoms with Crippen LogP contribution in [0.15, 0.2) is 60.7 Å². The fourth-order valence-corrected chi connectivity index (χ4v) is 2.13. The van der Waals surface area contributed by atoms with E-state index < -0.39 is 5.54 Å². The van der Waals surface area contributed by atoms with E-state index in [1.54, 1.807) is 0 Å². The van der Waals surface area contributed by atoms with Crippen LogP contribution in [0.1, 0.15) is 18.3 Å². The average Bonchev–Trinajstić information content (AvgIpc) is 3.00. The maximum Gasteiger partial charge on any atom is 0.181 e. The SMILES string of the molecule is CC(N)(c1ccccc1)c1nc(-c2ccccc2)n[nH]1. The zero-order chi connectivity index (χ0) is 14.0. The minimum atomic E-state index is -0.693. The second-order valence-electron chi connectivity index (χ2n) is 4.94. The van der Waals surface area contributed by atoms with E-state index in [2.05, 4.69) is 15.2 Å². The summed E-state index contributed by atoms with van der Waals surface area (Å²) >= 11 is 0. The molecular weight excluding hydrogens is 248 g/mol. The summed E-state index contributed by atoms with van der Waals surface area (Å²) in [6.45, 7) is 1.93. The molecule has 0 saturated carbocycles. The third-order valence-corrected chi connectivity index (χ3v) is 3.38. The number of H-pyrrole nitrogens is 1. The third kappa shape index (κ3) is 2.21. The van der Waals surface area contributed by atoms with Gasteiger partial charge in [-0.1, -0.05) is 60.7 Å². The predicted molar refractivity (Wildman–Crippen MR) is 78.9 cm³/mol. The second-order valence-corrected chi connectivity index (χ2v) is 4.94. The van der Waals surface area contributed by atoms with Gasteiger partial charge >= 0.3 is 0 Å². The Morgan fingerprint density at radius 3 is 2.20 bits per heavy atom. The Bertz CT molecular complexity index is 687. The van der Waals surface area contributed by atoms with Crippen LogP contribution < -0.4 is 5.73 Å². The first kappa shape index (κ1) is 12.6. The highest BCUT2D eigenvalue weighted by atomic mass is 15.2. The molecule has 0 fully saturated rings. The first-order valence-corrected chi connectivity index (χ1v) is 6.50. The van der Waals surface area contributed by atoms with Gasteiger partial charge in [-0.3, -0.25) is 5.10 Å². The van der Waals surface area contributed by atoms with Gasteiger partial charge in [0.1, 0.15) is 5.82 Å². The van der Waals surface area contributed by atoms with Crippen molar-refractivity contribution in [2.24, 2.45) is 5.73 Å². The fourth-order valence-electron chi connectivity index (χ4n) is 2.13. The zero-order valence-corrected chi connectivity index (χ0v) is 11.2. The summed E-state index contributed by atoms with van der Waals surface area (Å²) < 4.78 is 0. The highest BCUT2D eigenvalue weighted by Gasteiger charge is 2.27. The van der Waals surface area contributed by atoms with Crippen molar-refractivity contribution in [2.75, 3.05) is 0 Å². The molecule has 0 saturated heterocycles. The van der Waals surface area contributed by atoms with E-state index in [1.165, 1.54) is 0 Å². The lowest BCUT2D eigenvalue weighted by Crippen LogP contribution is -2.35. The molecule has 0 amide bonds. The zero-order valence-electron chi connectivity index (χ0n) is 11.2. The molecule has 3 rings (SSSR count). The van der Waals surface area contributed by atoms with Crippen LogP contribution in [-0.4, -0.2) is 15.2 Å². The molecular formula is C16H16N4. The summed E-state index contributed by atoms with van der Waals surface area (Å²) in [5.41, 5.74) is 7.69. The van der Waals surface area contributed by atoms with Crippen LogP contribution >= 0.6 is 0 Å². The van der Waals surface area contributed by atoms with Gasteiger partial charge in [0.05, 0.1) is 5.54 Å². The highest BCUT2D eigenvalue weighted by molar-refractivity contribution is 5.54. The summed E-state index contributed by atoms with van der Waals surface area (Å²) in [4.78, 5) is 4.54. The quantitative estimate of drug-likeness (QED) is 0.764. The number of nitrogens with zero attached hydrogens (tertiary/aromatic N) is 2. The van der Waals surface area contributed by atoms with Crippen molar-refractivity contribution in [1.82, 2.24) is 15.2 Å². The summed E-state index contributed by atoms with van der Waals surface area (Å²) in [5.74, 6) is 1.32. The second kappa shape index (κ2) is 4.90. The number of rotatable bonds is 3. The summed E-state index contributed by atoms with van der Waals surface area (Å²) in [5, 5.41) is 7.22. The van der Waals surface area contributed by atoms with Crippen molar-refractivity contribution in [2.45, 2.75) is 12.5 Å². The smallest absolute Gasteiger partial charge is 0.181 e. The van der Waals surface area contributed by atoms with Crippen LogP contribution in [0.4, 0.5) is 0 Å². The van der Waals surface area contributed by atoms with E-state index >= 15 is 0 Å². The number of aromatic amines is 1. The lowest BCUT2D eigenvalue weighted by Gasteiger charge is -2.21. The first-order valence-electron chi connectivity index (χ1n) is 6.50. The molecule has 100 valence electrons. The number of benzene rings is 2. The minimum absolute atomic E-state index is 0.655. The number of hydrogen-bond acceptors (Lipinski definition) is 3. The van der Waals surface area contributed by atoms with Crippen LogP contribution in [0.5, 0.6) is 0 Å². The van der Waals surface area contributed by atoms with Gasteiger partial charge in [-0.25, -0.2) is 4.98 Å². The van der Waals surface area contributed by atoms with Crippen molar-refractivity contribution in [1.29, 1.82) is 0 Å². The normalized spacial score (nSPS) is 13.9. The van der Waals surface area contributed by atoms with Crippen molar-refractivity contribution in [3.63, 3.8) is 0 Å². The molecule has 3 aromatic rings. The molecule has 0 bridgehead atoms. The molecule has 0 aliphatic carbocycles. The first-order chi connectivity index (χ1) is 9.68. The van der Waals surface area contributed by atoms with E-state index in [9.17, 15) is 0 Å². The molecule has 4 nitrogen and oxygen atoms in total. The van der Waals surface area contributed by atoms with Crippen molar-refractivity contribution >= 4 is 0 Å². The largest absolute Gasteiger partial charge is 0.315 e. The van der Waals surface area contributed by atoms with Crippen molar-refractivity contribution in [3.8, 4) is 11.4 Å². The van der Waals surface area contributed by atoms with E-state index in [0.29, 0.717) is 11.6 Å². The summed E-state index contributed by atoms with van der Waals surface area (Å²) in [6.07, 6.45) is 0. The van der Waals surface area contributed by atoms with Gasteiger partial charge in [0.15, 0.2) is 5.82 Å². The Kier molecular flexibility index (Phi) is 3.08. The minimum Gasteiger partial charge on any atom is -0.315 e. The predicted octanol–water partition coefficient (Wildman–Crippen LogP) is 2.69. The van der Waals surface area contributed by atoms with Crippen LogP contribution in [0.25, 0.3) is 11.4 Å². The topological polar surface area (TPSA) is 67.6 Å². The van der Waals surface area contributed by atoms with Gasteiger partial charge in [-0.2, -0.15) is 5.10 Å². The van der Waals surface area contributed by atoms with Crippen molar-refractivity contribution < 1.29 is 0 Å². The van der Waals surface area contributed by atoms with E-state index in [-0.39, 0.29) is 0 Å². The van der Waals surface area contributed by atoms with Gasteiger partial charge in [-0.15, -0.1) is 0 Å². The molecule has 20 heavy (non-hydrogen) atoms. The Labute approximate surface area is 117 Å². The number of nitrogens with two attached hydrogens (primary N) is 1. The van der Waals surface area contributed by atoms with E-state index in [4.69, 9.17) is 5.73 Å². The molecule has 0 radical (unpaired) electrons. The molecule has 1 heterocycles. The molecule has 0 aliphatic heterocycles. The lowest BCUT2D eigenvalue weighted by molar-refractivity contribution is 0.561. The lowest BCUT2D eigenvalue weighted by atomic mass is 9.92. The number of hydrogen-bond donors (Lipinski definition) is 2. The van der Waals surface area contributed by atoms with Crippen LogP contribution in [0.2, 0.25) is 0 Å². The Morgan fingerprint density at radius 1 is 0.950 bits per heavy atom. The fraction of sp³-hybridized carbons (Fsp3) is 0.125. The average molecular weight is 264 g/mol. The highest BCUT2D eigenvalue weighted by Crippen LogP contribution is 2.25. The van der Waals surface area contributed by atoms with E-state index in [1.807, 2.05) is 67.6 Å². The van der Waals surface area contributed by atoms with E-state index in [0.717, 1.165) is 11.1 Å². The number of aromatic nitrogens is 3. The maximum atomic E-state index is 6.42. The maximum absolute atomic E-state index is 6.42. The van der Waals surface area contributed by atoms with Crippen LogP contribution in [0.3, 0.4) is 0 Å². The third-order valence-electron chi connectivity index (χ3n) is 3.38. The standard InChI is InChI=1S/C16H16N4/c1-16(17,13-10-6-3-7-11-13)15-18-14(19-20-15)12-8-4-2-5-9-12/h2-11H,17H2,1H3,(H,18,19,20). The molecule has 1 unspecified atom stereocenters. The number of nitrogens with one attached hydrogen (secondary N) is 1. The summed E-state index contributed by atoms with van der Waals surface area (Å²) in [6, 6.07) is 19.7. The molecule has 3 N–H and O–H groups in total. The monoisotopic (exact) mass is 264 g/mol. The molecule has 0 spiro atoms. The van der Waals surface area contributed by atoms with Crippen LogP contribution in [-0.2, 0) is 5.54 Å². The van der Waals surface area contributed by atoms with Gasteiger partial charge in [-0.05, 0) is 12.5 Å². The van der Waals surface area contributed by atoms with Gasteiger partial charge in [0, 0.05) is 5.56 Å². The van der Waals surface area contributed by atoms with Gasteiger partial charge < -0.3 is 5.73 Å².